The average molecular weight is 502 g/mol. The van der Waals surface area contributed by atoms with E-state index in [1.807, 2.05) is 13.8 Å². The number of halogens is 5. The summed E-state index contributed by atoms with van der Waals surface area (Å²) in [4.78, 5) is 8.06. The molecule has 4 heterocycles. The summed E-state index contributed by atoms with van der Waals surface area (Å²) in [5.41, 5.74) is -4.71. The number of anilines is 1. The van der Waals surface area contributed by atoms with Crippen LogP contribution in [-0.4, -0.2) is 57.1 Å². The van der Waals surface area contributed by atoms with Gasteiger partial charge in [0.25, 0.3) is 0 Å². The Kier molecular flexibility index (Phi) is 7.80. The average Bonchev–Trinajstić information content (AvgIpc) is 3.24. The van der Waals surface area contributed by atoms with Crippen LogP contribution < -0.4 is 15.4 Å². The highest BCUT2D eigenvalue weighted by molar-refractivity contribution is 5.63. The number of nitrogens with one attached hydrogen (secondary N) is 2. The van der Waals surface area contributed by atoms with Gasteiger partial charge in [0.15, 0.2) is 23.1 Å². The van der Waals surface area contributed by atoms with E-state index in [2.05, 4.69) is 25.7 Å². The van der Waals surface area contributed by atoms with E-state index < -0.39 is 29.1 Å². The Morgan fingerprint density at radius 3 is 2.51 bits per heavy atom. The highest BCUT2D eigenvalue weighted by atomic mass is 19.4. The monoisotopic (exact) mass is 502 g/mol. The third kappa shape index (κ3) is 5.15. The molecule has 4 rings (SSSR count). The number of rotatable bonds is 5. The van der Waals surface area contributed by atoms with Crippen molar-refractivity contribution in [1.29, 1.82) is 0 Å². The topological polar surface area (TPSA) is 96.6 Å². The second kappa shape index (κ2) is 10.3. The number of piperidine rings is 1. The maximum Gasteiger partial charge on any atom is 0.422 e. The summed E-state index contributed by atoms with van der Waals surface area (Å²) < 4.78 is 75.4. The van der Waals surface area contributed by atoms with Crippen LogP contribution in [0.4, 0.5) is 27.8 Å². The fourth-order valence-corrected chi connectivity index (χ4v) is 3.60. The fourth-order valence-electron chi connectivity index (χ4n) is 3.60. The van der Waals surface area contributed by atoms with Crippen molar-refractivity contribution in [3.05, 3.63) is 35.7 Å². The molecule has 1 saturated heterocycles. The minimum atomic E-state index is -5.08. The van der Waals surface area contributed by atoms with Crippen LogP contribution in [0, 0.1) is 11.6 Å². The second-order valence-electron chi connectivity index (χ2n) is 7.88. The first-order valence-electron chi connectivity index (χ1n) is 11.1. The molecule has 3 N–H and O–H groups in total. The van der Waals surface area contributed by atoms with Crippen molar-refractivity contribution in [2.45, 2.75) is 51.4 Å². The fraction of sp³-hybridized carbons (Fsp3) is 0.500. The standard InChI is InChI=1S/C20H21F5N6O2.C2H6/c1-19(32,20(23,24)25)17-14(33-2)7-15-27-9-13(31(15)30-17)16-11(21)6-12(22)18(29-16)28-10-4-3-5-26-8-10;1-2/h6-7,9-10,26,32H,3-5,8H2,1-2H3,(H,28,29);1-2H3. The van der Waals surface area contributed by atoms with Gasteiger partial charge in [-0.15, -0.1) is 0 Å². The summed E-state index contributed by atoms with van der Waals surface area (Å²) in [6, 6.07) is 1.63. The van der Waals surface area contributed by atoms with Crippen LogP contribution in [0.15, 0.2) is 18.3 Å². The number of hydrogen-bond donors (Lipinski definition) is 3. The highest BCUT2D eigenvalue weighted by Crippen LogP contribution is 2.41. The molecule has 0 aliphatic carbocycles. The number of nitrogens with zero attached hydrogens (tertiary/aromatic N) is 4. The lowest BCUT2D eigenvalue weighted by atomic mass is 10.0. The third-order valence-corrected chi connectivity index (χ3v) is 5.50. The normalized spacial score (nSPS) is 17.9. The molecule has 0 amide bonds. The molecule has 0 aromatic carbocycles. The van der Waals surface area contributed by atoms with E-state index in [1.54, 1.807) is 0 Å². The molecule has 1 fully saturated rings. The maximum absolute atomic E-state index is 14.7. The molecule has 1 aliphatic heterocycles. The predicted molar refractivity (Wildman–Crippen MR) is 119 cm³/mol. The van der Waals surface area contributed by atoms with E-state index in [9.17, 15) is 27.1 Å². The van der Waals surface area contributed by atoms with Gasteiger partial charge < -0.3 is 20.5 Å². The highest BCUT2D eigenvalue weighted by Gasteiger charge is 2.54. The number of methoxy groups -OCH3 is 1. The Labute approximate surface area is 198 Å². The molecule has 0 saturated carbocycles. The van der Waals surface area contributed by atoms with Crippen LogP contribution in [0.3, 0.4) is 0 Å². The molecule has 3 aromatic heterocycles. The SMILES string of the molecule is CC.COc1cc2ncc(-c3nc(NC4CCCNC4)c(F)cc3F)n2nc1C(C)(O)C(F)(F)F. The molecule has 13 heteroatoms. The second-order valence-corrected chi connectivity index (χ2v) is 7.88. The van der Waals surface area contributed by atoms with Crippen LogP contribution in [0.2, 0.25) is 0 Å². The first-order valence-corrected chi connectivity index (χ1v) is 11.1. The van der Waals surface area contributed by atoms with Crippen molar-refractivity contribution in [3.8, 4) is 17.1 Å². The molecule has 3 aromatic rings. The number of imidazole rings is 1. The van der Waals surface area contributed by atoms with Crippen molar-refractivity contribution in [1.82, 2.24) is 24.9 Å². The number of pyridine rings is 1. The Hall–Kier alpha value is -3.06. The van der Waals surface area contributed by atoms with Crippen LogP contribution in [0.1, 0.15) is 39.3 Å². The van der Waals surface area contributed by atoms with E-state index >= 15 is 0 Å². The van der Waals surface area contributed by atoms with Crippen molar-refractivity contribution < 1.29 is 31.8 Å². The summed E-state index contributed by atoms with van der Waals surface area (Å²) in [5, 5.41) is 20.1. The Balaban J connectivity index is 0.00000167. The van der Waals surface area contributed by atoms with E-state index in [-0.39, 0.29) is 34.6 Å². The number of aliphatic hydroxyl groups is 1. The summed E-state index contributed by atoms with van der Waals surface area (Å²) in [6.45, 7) is 5.93. The van der Waals surface area contributed by atoms with Gasteiger partial charge in [0.2, 0.25) is 5.60 Å². The van der Waals surface area contributed by atoms with Crippen LogP contribution in [0.5, 0.6) is 5.75 Å². The van der Waals surface area contributed by atoms with E-state index in [1.165, 1.54) is 0 Å². The van der Waals surface area contributed by atoms with Crippen LogP contribution >= 0.6 is 0 Å². The molecule has 35 heavy (non-hydrogen) atoms. The quantitative estimate of drug-likeness (QED) is 0.453. The largest absolute Gasteiger partial charge is 0.495 e. The summed E-state index contributed by atoms with van der Waals surface area (Å²) >= 11 is 0. The number of fused-ring (bicyclic) bond motifs is 1. The predicted octanol–water partition coefficient (Wildman–Crippen LogP) is 4.04. The smallest absolute Gasteiger partial charge is 0.422 e. The number of ether oxygens (including phenoxy) is 1. The molecular weight excluding hydrogens is 475 g/mol. The van der Waals surface area contributed by atoms with Crippen molar-refractivity contribution >= 4 is 11.5 Å². The molecular formula is C22H27F5N6O2. The number of hydrogen-bond acceptors (Lipinski definition) is 7. The minimum absolute atomic E-state index is 0.0140. The molecule has 2 atom stereocenters. The first kappa shape index (κ1) is 26.5. The van der Waals surface area contributed by atoms with Crippen molar-refractivity contribution in [3.63, 3.8) is 0 Å². The van der Waals surface area contributed by atoms with E-state index in [0.29, 0.717) is 19.5 Å². The van der Waals surface area contributed by atoms with Crippen LogP contribution in [-0.2, 0) is 5.60 Å². The van der Waals surface area contributed by atoms with Crippen molar-refractivity contribution in [2.24, 2.45) is 0 Å². The van der Waals surface area contributed by atoms with Gasteiger partial charge in [-0.1, -0.05) is 13.8 Å². The molecule has 0 bridgehead atoms. The van der Waals surface area contributed by atoms with Gasteiger partial charge in [0, 0.05) is 24.7 Å². The van der Waals surface area contributed by atoms with E-state index in [0.717, 1.165) is 43.3 Å². The van der Waals surface area contributed by atoms with Crippen molar-refractivity contribution in [2.75, 3.05) is 25.5 Å². The molecule has 1 aliphatic rings. The van der Waals surface area contributed by atoms with Gasteiger partial charge in [0.1, 0.15) is 22.8 Å². The first-order chi connectivity index (χ1) is 16.5. The summed E-state index contributed by atoms with van der Waals surface area (Å²) in [6.07, 6.45) is -2.31. The molecule has 192 valence electrons. The lowest BCUT2D eigenvalue weighted by molar-refractivity contribution is -0.261. The van der Waals surface area contributed by atoms with Crippen LogP contribution in [0.25, 0.3) is 17.0 Å². The zero-order chi connectivity index (χ0) is 26.0. The van der Waals surface area contributed by atoms with Gasteiger partial charge in [-0.2, -0.15) is 18.3 Å². The van der Waals surface area contributed by atoms with Gasteiger partial charge in [0.05, 0.1) is 13.3 Å². The lowest BCUT2D eigenvalue weighted by Gasteiger charge is -2.27. The lowest BCUT2D eigenvalue weighted by Crippen LogP contribution is -2.40. The maximum atomic E-state index is 14.7. The van der Waals surface area contributed by atoms with Gasteiger partial charge in [-0.3, -0.25) is 0 Å². The summed E-state index contributed by atoms with van der Waals surface area (Å²) in [5.74, 6) is -2.53. The van der Waals surface area contributed by atoms with Gasteiger partial charge >= 0.3 is 6.18 Å². The van der Waals surface area contributed by atoms with E-state index in [4.69, 9.17) is 4.74 Å². The molecule has 2 unspecified atom stereocenters. The third-order valence-electron chi connectivity index (χ3n) is 5.50. The number of alkyl halides is 3. The van der Waals surface area contributed by atoms with Gasteiger partial charge in [-0.25, -0.2) is 23.3 Å². The molecule has 0 spiro atoms. The molecule has 8 nitrogen and oxygen atoms in total. The molecule has 0 radical (unpaired) electrons. The minimum Gasteiger partial charge on any atom is -0.495 e. The Morgan fingerprint density at radius 1 is 1.20 bits per heavy atom. The zero-order valence-corrected chi connectivity index (χ0v) is 19.7. The number of aromatic nitrogens is 4. The Bertz CT molecular complexity index is 1180. The zero-order valence-electron chi connectivity index (χ0n) is 19.7. The van der Waals surface area contributed by atoms with Gasteiger partial charge in [-0.05, 0) is 26.3 Å². The summed E-state index contributed by atoms with van der Waals surface area (Å²) in [7, 11) is 1.12. The Morgan fingerprint density at radius 2 is 1.91 bits per heavy atom.